The number of likely N-dealkylation sites (tertiary alicyclic amines) is 1. The zero-order chi connectivity index (χ0) is 25.1. The smallest absolute Gasteiger partial charge is 0.227 e. The van der Waals surface area contributed by atoms with Crippen LogP contribution in [0.2, 0.25) is 0 Å². The van der Waals surface area contributed by atoms with E-state index in [0.29, 0.717) is 12.5 Å². The van der Waals surface area contributed by atoms with Crippen molar-refractivity contribution in [3.63, 3.8) is 0 Å². The summed E-state index contributed by atoms with van der Waals surface area (Å²) in [6.07, 6.45) is 7.45. The van der Waals surface area contributed by atoms with Gasteiger partial charge >= 0.3 is 0 Å². The van der Waals surface area contributed by atoms with Gasteiger partial charge in [0.1, 0.15) is 17.5 Å². The van der Waals surface area contributed by atoms with Crippen LogP contribution in [0, 0.1) is 0 Å². The molecule has 1 fully saturated rings. The first-order chi connectivity index (χ1) is 17.4. The van der Waals surface area contributed by atoms with Crippen LogP contribution in [0.1, 0.15) is 20.8 Å². The predicted octanol–water partition coefficient (Wildman–Crippen LogP) is 4.00. The van der Waals surface area contributed by atoms with E-state index in [1.807, 2.05) is 73.4 Å². The number of ether oxygens (including phenoxy) is 1. The van der Waals surface area contributed by atoms with E-state index in [1.165, 1.54) is 0 Å². The highest BCUT2D eigenvalue weighted by molar-refractivity contribution is 5.78. The van der Waals surface area contributed by atoms with Crippen LogP contribution in [0.4, 0.5) is 11.6 Å². The lowest BCUT2D eigenvalue weighted by Crippen LogP contribution is -2.57. The minimum Gasteiger partial charge on any atom is -0.488 e. The highest BCUT2D eigenvalue weighted by atomic mass is 16.5. The van der Waals surface area contributed by atoms with Gasteiger partial charge in [0.15, 0.2) is 0 Å². The summed E-state index contributed by atoms with van der Waals surface area (Å²) >= 11 is 0. The molecule has 0 amide bonds. The third kappa shape index (κ3) is 5.69. The first kappa shape index (κ1) is 23.9. The lowest BCUT2D eigenvalue weighted by Gasteiger charge is -2.41. The Morgan fingerprint density at radius 2 is 1.92 bits per heavy atom. The van der Waals surface area contributed by atoms with E-state index in [1.54, 1.807) is 12.4 Å². The number of anilines is 2. The largest absolute Gasteiger partial charge is 0.488 e. The van der Waals surface area contributed by atoms with E-state index in [2.05, 4.69) is 27.1 Å². The lowest BCUT2D eigenvalue weighted by molar-refractivity contribution is -0.0363. The number of β-amino-alcohol motifs (C(OH)–C–C–N with tert-alkyl or cyclic N) is 1. The van der Waals surface area contributed by atoms with Crippen molar-refractivity contribution in [2.45, 2.75) is 39.0 Å². The number of nitrogens with zero attached hydrogens (tertiary/aromatic N) is 6. The topological polar surface area (TPSA) is 101 Å². The molecule has 0 atom stereocenters. The van der Waals surface area contributed by atoms with Gasteiger partial charge in [-0.3, -0.25) is 14.6 Å². The molecule has 1 aliphatic heterocycles. The number of nitrogens with one attached hydrogen (secondary N) is 1. The quantitative estimate of drug-likeness (QED) is 0.367. The van der Waals surface area contributed by atoms with Crippen molar-refractivity contribution in [3.05, 3.63) is 67.3 Å². The fraction of sp³-hybridized carbons (Fsp3) is 0.333. The van der Waals surface area contributed by atoms with Gasteiger partial charge in [-0.2, -0.15) is 5.10 Å². The Balaban J connectivity index is 1.26. The van der Waals surface area contributed by atoms with Crippen LogP contribution in [-0.4, -0.2) is 66.1 Å². The van der Waals surface area contributed by atoms with Crippen LogP contribution < -0.4 is 10.1 Å². The molecule has 1 aromatic carbocycles. The SMILES string of the molecule is CCn1cc(-c2ccnc(Nc3ccc(OC4CN(CC(C)(C)O)C4)cc3)n2)c(-c2cccnc2)n1. The molecule has 1 aliphatic rings. The summed E-state index contributed by atoms with van der Waals surface area (Å²) in [5, 5.41) is 17.9. The summed E-state index contributed by atoms with van der Waals surface area (Å²) in [4.78, 5) is 15.6. The van der Waals surface area contributed by atoms with Gasteiger partial charge < -0.3 is 15.2 Å². The first-order valence-corrected chi connectivity index (χ1v) is 12.2. The van der Waals surface area contributed by atoms with E-state index in [4.69, 9.17) is 14.8 Å². The molecule has 4 heterocycles. The average Bonchev–Trinajstić information content (AvgIpc) is 3.29. The first-order valence-electron chi connectivity index (χ1n) is 12.2. The Kier molecular flexibility index (Phi) is 6.67. The molecule has 0 saturated carbocycles. The number of pyridine rings is 1. The second-order valence-electron chi connectivity index (χ2n) is 9.65. The van der Waals surface area contributed by atoms with Crippen LogP contribution >= 0.6 is 0 Å². The van der Waals surface area contributed by atoms with Gasteiger partial charge in [-0.25, -0.2) is 9.97 Å². The molecule has 0 unspecified atom stereocenters. The normalized spacial score (nSPS) is 14.4. The minimum atomic E-state index is -0.686. The van der Waals surface area contributed by atoms with Crippen molar-refractivity contribution in [1.82, 2.24) is 29.6 Å². The summed E-state index contributed by atoms with van der Waals surface area (Å²) in [5.74, 6) is 1.32. The van der Waals surface area contributed by atoms with Crippen LogP contribution in [0.3, 0.4) is 0 Å². The fourth-order valence-electron chi connectivity index (χ4n) is 4.27. The monoisotopic (exact) mass is 485 g/mol. The van der Waals surface area contributed by atoms with E-state index < -0.39 is 5.60 Å². The van der Waals surface area contributed by atoms with E-state index in [9.17, 15) is 5.11 Å². The number of aliphatic hydroxyl groups is 1. The van der Waals surface area contributed by atoms with Crippen molar-refractivity contribution in [2.75, 3.05) is 25.0 Å². The molecule has 5 rings (SSSR count). The summed E-state index contributed by atoms with van der Waals surface area (Å²) < 4.78 is 7.95. The zero-order valence-electron chi connectivity index (χ0n) is 20.8. The van der Waals surface area contributed by atoms with Gasteiger partial charge in [-0.15, -0.1) is 0 Å². The molecular formula is C27H31N7O2. The van der Waals surface area contributed by atoms with Crippen molar-refractivity contribution in [2.24, 2.45) is 0 Å². The fourth-order valence-corrected chi connectivity index (χ4v) is 4.27. The maximum atomic E-state index is 9.93. The predicted molar refractivity (Wildman–Crippen MR) is 139 cm³/mol. The van der Waals surface area contributed by atoms with Crippen molar-refractivity contribution >= 4 is 11.6 Å². The third-order valence-corrected chi connectivity index (χ3v) is 5.90. The van der Waals surface area contributed by atoms with Crippen molar-refractivity contribution < 1.29 is 9.84 Å². The molecular weight excluding hydrogens is 454 g/mol. The van der Waals surface area contributed by atoms with Crippen LogP contribution in [0.25, 0.3) is 22.5 Å². The molecule has 9 nitrogen and oxygen atoms in total. The van der Waals surface area contributed by atoms with E-state index in [-0.39, 0.29) is 6.10 Å². The molecule has 0 radical (unpaired) electrons. The number of aryl methyl sites for hydroxylation is 1. The summed E-state index contributed by atoms with van der Waals surface area (Å²) in [6.45, 7) is 8.75. The number of rotatable bonds is 9. The second kappa shape index (κ2) is 10.0. The third-order valence-electron chi connectivity index (χ3n) is 5.90. The van der Waals surface area contributed by atoms with Gasteiger partial charge in [-0.05, 0) is 63.2 Å². The number of aromatic nitrogens is 5. The molecule has 0 bridgehead atoms. The van der Waals surface area contributed by atoms with Gasteiger partial charge in [0.2, 0.25) is 5.95 Å². The Morgan fingerprint density at radius 3 is 2.61 bits per heavy atom. The lowest BCUT2D eigenvalue weighted by atomic mass is 10.1. The summed E-state index contributed by atoms with van der Waals surface area (Å²) in [6, 6.07) is 13.6. The zero-order valence-corrected chi connectivity index (χ0v) is 20.8. The Bertz CT molecular complexity index is 1290. The molecule has 1 saturated heterocycles. The van der Waals surface area contributed by atoms with Crippen LogP contribution in [-0.2, 0) is 6.54 Å². The summed E-state index contributed by atoms with van der Waals surface area (Å²) in [7, 11) is 0. The minimum absolute atomic E-state index is 0.143. The van der Waals surface area contributed by atoms with Gasteiger partial charge in [0.05, 0.1) is 11.3 Å². The van der Waals surface area contributed by atoms with Gasteiger partial charge in [-0.1, -0.05) is 0 Å². The molecule has 0 spiro atoms. The maximum Gasteiger partial charge on any atom is 0.227 e. The van der Waals surface area contributed by atoms with Crippen LogP contribution in [0.15, 0.2) is 67.3 Å². The van der Waals surface area contributed by atoms with E-state index in [0.717, 1.165) is 53.6 Å². The Morgan fingerprint density at radius 1 is 1.11 bits per heavy atom. The van der Waals surface area contributed by atoms with Crippen LogP contribution in [0.5, 0.6) is 5.75 Å². The Labute approximate surface area is 210 Å². The summed E-state index contributed by atoms with van der Waals surface area (Å²) in [5.41, 5.74) is 3.68. The standard InChI is InChI=1S/C27H31N7O2/c1-4-34-17-23(25(32-34)19-6-5-12-28-14-19)24-11-13-29-26(31-24)30-20-7-9-21(10-8-20)36-22-15-33(16-22)18-27(2,3)35/h5-14,17,22,35H,4,15-16,18H2,1-3H3,(H,29,30,31). The maximum absolute atomic E-state index is 9.93. The van der Waals surface area contributed by atoms with Crippen molar-refractivity contribution in [3.8, 4) is 28.3 Å². The molecule has 2 N–H and O–H groups in total. The Hall–Kier alpha value is -3.82. The van der Waals surface area contributed by atoms with Crippen molar-refractivity contribution in [1.29, 1.82) is 0 Å². The average molecular weight is 486 g/mol. The number of hydrogen-bond donors (Lipinski definition) is 2. The molecule has 0 aliphatic carbocycles. The molecule has 3 aromatic heterocycles. The highest BCUT2D eigenvalue weighted by Crippen LogP contribution is 2.30. The highest BCUT2D eigenvalue weighted by Gasteiger charge is 2.31. The number of hydrogen-bond acceptors (Lipinski definition) is 8. The van der Waals surface area contributed by atoms with Gasteiger partial charge in [0, 0.05) is 67.8 Å². The van der Waals surface area contributed by atoms with E-state index >= 15 is 0 Å². The second-order valence-corrected chi connectivity index (χ2v) is 9.65. The molecule has 9 heteroatoms. The van der Waals surface area contributed by atoms with Gasteiger partial charge in [0.25, 0.3) is 0 Å². The molecule has 36 heavy (non-hydrogen) atoms. The number of benzene rings is 1. The molecule has 4 aromatic rings. The molecule has 186 valence electrons.